The summed E-state index contributed by atoms with van der Waals surface area (Å²) in [5, 5.41) is 10.7. The number of benzene rings is 1. The molecule has 0 radical (unpaired) electrons. The second-order valence-corrected chi connectivity index (χ2v) is 10.1. The highest BCUT2D eigenvalue weighted by atomic mass is 32.2. The molecule has 3 aromatic rings. The predicted octanol–water partition coefficient (Wildman–Crippen LogP) is 3.34. The van der Waals surface area contributed by atoms with Crippen LogP contribution in [0.1, 0.15) is 11.1 Å². The quantitative estimate of drug-likeness (QED) is 0.601. The summed E-state index contributed by atoms with van der Waals surface area (Å²) >= 11 is 1.62. The Labute approximate surface area is 181 Å². The van der Waals surface area contributed by atoms with Crippen LogP contribution in [-0.4, -0.2) is 56.2 Å². The van der Waals surface area contributed by atoms with E-state index in [0.717, 1.165) is 27.5 Å². The van der Waals surface area contributed by atoms with Crippen molar-refractivity contribution in [3.05, 3.63) is 52.9 Å². The summed E-state index contributed by atoms with van der Waals surface area (Å²) in [6.07, 6.45) is 0. The summed E-state index contributed by atoms with van der Waals surface area (Å²) in [5.41, 5.74) is 2.77. The van der Waals surface area contributed by atoms with E-state index in [1.54, 1.807) is 23.5 Å². The van der Waals surface area contributed by atoms with Crippen LogP contribution in [-0.2, 0) is 10.0 Å². The van der Waals surface area contributed by atoms with Crippen molar-refractivity contribution in [3.8, 4) is 16.3 Å². The van der Waals surface area contributed by atoms with Crippen molar-refractivity contribution in [3.63, 3.8) is 0 Å². The minimum Gasteiger partial charge on any atom is -0.495 e. The third-order valence-corrected chi connectivity index (χ3v) is 8.20. The van der Waals surface area contributed by atoms with Gasteiger partial charge in [-0.2, -0.15) is 4.31 Å². The van der Waals surface area contributed by atoms with Crippen LogP contribution in [0.25, 0.3) is 10.6 Å². The van der Waals surface area contributed by atoms with Gasteiger partial charge in [0.2, 0.25) is 10.0 Å². The molecule has 1 saturated heterocycles. The normalized spacial score (nSPS) is 15.4. The first-order valence-electron chi connectivity index (χ1n) is 9.68. The lowest BCUT2D eigenvalue weighted by molar-refractivity contribution is 0.373. The number of hydrogen-bond donors (Lipinski definition) is 0. The van der Waals surface area contributed by atoms with Gasteiger partial charge in [-0.15, -0.1) is 21.5 Å². The molecule has 0 spiro atoms. The number of sulfonamides is 1. The second-order valence-electron chi connectivity index (χ2n) is 7.23. The first-order chi connectivity index (χ1) is 14.4. The highest BCUT2D eigenvalue weighted by molar-refractivity contribution is 7.89. The standard InChI is InChI=1S/C21H24N4O3S2/c1-15-13-18(28-3)20(14-16(15)2)30(26,27)25-10-8-24(9-11-25)21-7-6-17(22-23-21)19-5-4-12-29-19/h4-7,12-14H,8-11H2,1-3H3. The molecule has 0 aliphatic carbocycles. The van der Waals surface area contributed by atoms with E-state index in [-0.39, 0.29) is 4.90 Å². The highest BCUT2D eigenvalue weighted by Gasteiger charge is 2.31. The molecule has 0 N–H and O–H groups in total. The minimum absolute atomic E-state index is 0.224. The lowest BCUT2D eigenvalue weighted by Gasteiger charge is -2.34. The second kappa shape index (κ2) is 8.33. The summed E-state index contributed by atoms with van der Waals surface area (Å²) in [6.45, 7) is 5.72. The molecule has 1 aromatic carbocycles. The summed E-state index contributed by atoms with van der Waals surface area (Å²) in [4.78, 5) is 3.36. The zero-order valence-electron chi connectivity index (χ0n) is 17.2. The maximum absolute atomic E-state index is 13.3. The molecule has 0 bridgehead atoms. The molecule has 0 amide bonds. The van der Waals surface area contributed by atoms with Crippen molar-refractivity contribution >= 4 is 27.2 Å². The van der Waals surface area contributed by atoms with Crippen molar-refractivity contribution in [1.82, 2.24) is 14.5 Å². The molecule has 30 heavy (non-hydrogen) atoms. The molecule has 1 fully saturated rings. The SMILES string of the molecule is COc1cc(C)c(C)cc1S(=O)(=O)N1CCN(c2ccc(-c3cccs3)nn2)CC1. The molecule has 3 heterocycles. The number of methoxy groups -OCH3 is 1. The van der Waals surface area contributed by atoms with Crippen LogP contribution in [0, 0.1) is 13.8 Å². The molecule has 1 aliphatic heterocycles. The summed E-state index contributed by atoms with van der Waals surface area (Å²) < 4.78 is 33.4. The fourth-order valence-corrected chi connectivity index (χ4v) is 5.81. The number of aromatic nitrogens is 2. The molecule has 0 unspecified atom stereocenters. The van der Waals surface area contributed by atoms with Crippen LogP contribution in [0.2, 0.25) is 0 Å². The molecule has 0 saturated carbocycles. The number of aryl methyl sites for hydroxylation is 2. The first kappa shape index (κ1) is 20.8. The average Bonchev–Trinajstić information content (AvgIpc) is 3.30. The van der Waals surface area contributed by atoms with E-state index < -0.39 is 10.0 Å². The predicted molar refractivity (Wildman–Crippen MR) is 119 cm³/mol. The van der Waals surface area contributed by atoms with E-state index in [0.29, 0.717) is 31.9 Å². The van der Waals surface area contributed by atoms with Crippen LogP contribution in [0.4, 0.5) is 5.82 Å². The van der Waals surface area contributed by atoms with Gasteiger partial charge in [-0.3, -0.25) is 0 Å². The van der Waals surface area contributed by atoms with Crippen LogP contribution >= 0.6 is 11.3 Å². The van der Waals surface area contributed by atoms with Gasteiger partial charge in [0.15, 0.2) is 5.82 Å². The average molecular weight is 445 g/mol. The number of thiophene rings is 1. The molecule has 4 rings (SSSR count). The summed E-state index contributed by atoms with van der Waals surface area (Å²) in [7, 11) is -2.14. The van der Waals surface area contributed by atoms with E-state index in [2.05, 4.69) is 15.1 Å². The number of anilines is 1. The Morgan fingerprint density at radius 3 is 2.33 bits per heavy atom. The highest BCUT2D eigenvalue weighted by Crippen LogP contribution is 2.31. The molecule has 158 valence electrons. The Balaban J connectivity index is 1.48. The molecular weight excluding hydrogens is 420 g/mol. The zero-order valence-corrected chi connectivity index (χ0v) is 18.8. The zero-order chi connectivity index (χ0) is 21.3. The number of rotatable bonds is 5. The van der Waals surface area contributed by atoms with Gasteiger partial charge < -0.3 is 9.64 Å². The van der Waals surface area contributed by atoms with Gasteiger partial charge in [-0.1, -0.05) is 6.07 Å². The molecule has 1 aliphatic rings. The van der Waals surface area contributed by atoms with Gasteiger partial charge in [0.25, 0.3) is 0 Å². The number of nitrogens with zero attached hydrogens (tertiary/aromatic N) is 4. The van der Waals surface area contributed by atoms with Crippen molar-refractivity contribution in [2.24, 2.45) is 0 Å². The van der Waals surface area contributed by atoms with E-state index in [1.165, 1.54) is 11.4 Å². The van der Waals surface area contributed by atoms with Crippen LogP contribution < -0.4 is 9.64 Å². The first-order valence-corrected chi connectivity index (χ1v) is 12.0. The van der Waals surface area contributed by atoms with Gasteiger partial charge >= 0.3 is 0 Å². The van der Waals surface area contributed by atoms with Crippen LogP contribution in [0.15, 0.2) is 46.7 Å². The van der Waals surface area contributed by atoms with E-state index >= 15 is 0 Å². The largest absolute Gasteiger partial charge is 0.495 e. The Morgan fingerprint density at radius 1 is 1.00 bits per heavy atom. The van der Waals surface area contributed by atoms with Gasteiger partial charge in [0.1, 0.15) is 16.3 Å². The topological polar surface area (TPSA) is 75.6 Å². The van der Waals surface area contributed by atoms with Gasteiger partial charge in [-0.25, -0.2) is 8.42 Å². The number of hydrogen-bond acceptors (Lipinski definition) is 7. The van der Waals surface area contributed by atoms with Gasteiger partial charge in [0, 0.05) is 26.2 Å². The van der Waals surface area contributed by atoms with Crippen molar-refractivity contribution < 1.29 is 13.2 Å². The molecular formula is C21H24N4O3S2. The fourth-order valence-electron chi connectivity index (χ4n) is 3.47. The summed E-state index contributed by atoms with van der Waals surface area (Å²) in [5.74, 6) is 1.15. The van der Waals surface area contributed by atoms with Gasteiger partial charge in [-0.05, 0) is 60.7 Å². The Morgan fingerprint density at radius 2 is 1.73 bits per heavy atom. The fraction of sp³-hybridized carbons (Fsp3) is 0.333. The Bertz CT molecular complexity index is 1120. The Hall–Kier alpha value is -2.49. The smallest absolute Gasteiger partial charge is 0.246 e. The third-order valence-electron chi connectivity index (χ3n) is 5.38. The molecule has 2 aromatic heterocycles. The molecule has 0 atom stereocenters. The maximum Gasteiger partial charge on any atom is 0.246 e. The number of piperazine rings is 1. The third kappa shape index (κ3) is 3.92. The van der Waals surface area contributed by atoms with Gasteiger partial charge in [0.05, 0.1) is 12.0 Å². The van der Waals surface area contributed by atoms with E-state index in [1.807, 2.05) is 43.5 Å². The van der Waals surface area contributed by atoms with Crippen molar-refractivity contribution in [2.75, 3.05) is 38.2 Å². The molecule has 9 heteroatoms. The summed E-state index contributed by atoms with van der Waals surface area (Å²) in [6, 6.07) is 11.4. The lowest BCUT2D eigenvalue weighted by atomic mass is 10.1. The van der Waals surface area contributed by atoms with Crippen molar-refractivity contribution in [1.29, 1.82) is 0 Å². The van der Waals surface area contributed by atoms with E-state index in [9.17, 15) is 8.42 Å². The number of ether oxygens (including phenoxy) is 1. The lowest BCUT2D eigenvalue weighted by Crippen LogP contribution is -2.49. The van der Waals surface area contributed by atoms with Crippen molar-refractivity contribution in [2.45, 2.75) is 18.7 Å². The molecule has 7 nitrogen and oxygen atoms in total. The van der Waals surface area contributed by atoms with Crippen LogP contribution in [0.3, 0.4) is 0 Å². The minimum atomic E-state index is -3.64. The Kier molecular flexibility index (Phi) is 5.77. The monoisotopic (exact) mass is 444 g/mol. The van der Waals surface area contributed by atoms with Crippen LogP contribution in [0.5, 0.6) is 5.75 Å². The maximum atomic E-state index is 13.3. The van der Waals surface area contributed by atoms with E-state index in [4.69, 9.17) is 4.74 Å².